The normalized spacial score (nSPS) is 25.0. The van der Waals surface area contributed by atoms with Gasteiger partial charge in [0.2, 0.25) is 5.88 Å². The molecule has 4 N–H and O–H groups in total. The summed E-state index contributed by atoms with van der Waals surface area (Å²) < 4.78 is 36.4. The fourth-order valence-corrected chi connectivity index (χ4v) is 7.01. The second-order valence-corrected chi connectivity index (χ2v) is 12.5. The van der Waals surface area contributed by atoms with Gasteiger partial charge in [-0.3, -0.25) is 19.0 Å². The average molecular weight is 592 g/mol. The average Bonchev–Trinajstić information content (AvgIpc) is 3.48. The number of benzene rings is 1. The number of nitrogens with one attached hydrogen (secondary N) is 1. The predicted octanol–water partition coefficient (Wildman–Crippen LogP) is 3.21. The van der Waals surface area contributed by atoms with Crippen molar-refractivity contribution in [3.8, 4) is 17.0 Å². The van der Waals surface area contributed by atoms with Gasteiger partial charge in [0.1, 0.15) is 11.7 Å². The maximum atomic E-state index is 13.6. The lowest BCUT2D eigenvalue weighted by Gasteiger charge is -2.57. The fraction of sp³-hybridized carbons (Fsp3) is 0.433. The molecule has 0 saturated heterocycles. The number of halogens is 2. The van der Waals surface area contributed by atoms with Gasteiger partial charge in [0, 0.05) is 49.3 Å². The lowest BCUT2D eigenvalue weighted by Crippen LogP contribution is -2.58. The minimum Gasteiger partial charge on any atom is -0.474 e. The number of carbonyl (C=O) groups excluding carboxylic acids is 2. The van der Waals surface area contributed by atoms with Gasteiger partial charge in [0.25, 0.3) is 17.7 Å². The third-order valence-electron chi connectivity index (χ3n) is 8.95. The Kier molecular flexibility index (Phi) is 6.10. The number of alkyl halides is 2. The predicted molar refractivity (Wildman–Crippen MR) is 150 cm³/mol. The summed E-state index contributed by atoms with van der Waals surface area (Å²) >= 11 is 0. The molecule has 4 aromatic rings. The Morgan fingerprint density at radius 2 is 1.93 bits per heavy atom. The maximum absolute atomic E-state index is 13.6. The third kappa shape index (κ3) is 5.01. The molecule has 224 valence electrons. The molecule has 3 heterocycles. The maximum Gasteiger partial charge on any atom is 0.272 e. The molecule has 7 rings (SSSR count). The van der Waals surface area contributed by atoms with Crippen LogP contribution in [0.5, 0.6) is 5.88 Å². The van der Waals surface area contributed by atoms with E-state index in [-0.39, 0.29) is 47.2 Å². The van der Waals surface area contributed by atoms with Crippen molar-refractivity contribution in [2.75, 3.05) is 0 Å². The quantitative estimate of drug-likeness (QED) is 0.285. The van der Waals surface area contributed by atoms with E-state index < -0.39 is 30.3 Å². The van der Waals surface area contributed by atoms with E-state index in [2.05, 4.69) is 20.5 Å². The molecule has 0 bridgehead atoms. The topological polar surface area (TPSA) is 150 Å². The summed E-state index contributed by atoms with van der Waals surface area (Å²) in [6, 6.07) is 8.67. The Labute approximate surface area is 245 Å². The number of nitrogens with two attached hydrogens (primary N) is 1. The van der Waals surface area contributed by atoms with Crippen molar-refractivity contribution < 1.29 is 28.2 Å². The van der Waals surface area contributed by atoms with Crippen LogP contribution in [0.1, 0.15) is 59.4 Å². The van der Waals surface area contributed by atoms with Crippen LogP contribution in [-0.4, -0.2) is 65.1 Å². The highest BCUT2D eigenvalue weighted by molar-refractivity contribution is 6.05. The summed E-state index contributed by atoms with van der Waals surface area (Å²) in [5.74, 6) is -3.61. The van der Waals surface area contributed by atoms with Crippen LogP contribution < -0.4 is 15.8 Å². The molecule has 0 radical (unpaired) electrons. The number of primary amides is 1. The molecule has 2 amide bonds. The smallest absolute Gasteiger partial charge is 0.272 e. The number of amides is 2. The number of carbonyl (C=O) groups is 2. The number of aromatic nitrogens is 5. The number of hydrogen-bond donors (Lipinski definition) is 3. The van der Waals surface area contributed by atoms with Gasteiger partial charge in [-0.1, -0.05) is 6.07 Å². The monoisotopic (exact) mass is 591 g/mol. The molecular weight excluding hydrogens is 560 g/mol. The van der Waals surface area contributed by atoms with E-state index in [1.807, 2.05) is 25.4 Å². The Morgan fingerprint density at radius 1 is 1.16 bits per heavy atom. The molecule has 0 atom stereocenters. The molecular formula is C30H31F2N7O4. The van der Waals surface area contributed by atoms with Gasteiger partial charge in [0.05, 0.1) is 23.9 Å². The van der Waals surface area contributed by atoms with Gasteiger partial charge in [-0.25, -0.2) is 13.8 Å². The Bertz CT molecular complexity index is 1740. The van der Waals surface area contributed by atoms with Crippen molar-refractivity contribution in [2.45, 2.75) is 68.7 Å². The number of ether oxygens (including phenoxy) is 1. The molecule has 0 unspecified atom stereocenters. The number of nitrogens with zero attached hydrogens (tertiary/aromatic N) is 5. The van der Waals surface area contributed by atoms with Crippen LogP contribution in [0.15, 0.2) is 48.9 Å². The highest BCUT2D eigenvalue weighted by atomic mass is 19.3. The molecule has 11 nitrogen and oxygen atoms in total. The first-order chi connectivity index (χ1) is 20.4. The summed E-state index contributed by atoms with van der Waals surface area (Å²) in [7, 11) is 1.81. The van der Waals surface area contributed by atoms with E-state index in [9.17, 15) is 23.5 Å². The molecule has 43 heavy (non-hydrogen) atoms. The first-order valence-electron chi connectivity index (χ1n) is 14.2. The number of rotatable bonds is 8. The second-order valence-electron chi connectivity index (χ2n) is 12.5. The summed E-state index contributed by atoms with van der Waals surface area (Å²) in [5.41, 5.74) is 6.58. The minimum atomic E-state index is -2.91. The van der Waals surface area contributed by atoms with Crippen LogP contribution in [0.2, 0.25) is 0 Å². The van der Waals surface area contributed by atoms with Crippen molar-refractivity contribution in [1.82, 2.24) is 29.9 Å². The zero-order valence-corrected chi connectivity index (χ0v) is 23.5. The molecule has 3 saturated carbocycles. The lowest BCUT2D eigenvalue weighted by atomic mass is 9.53. The number of fused-ring (bicyclic) bond motifs is 1. The zero-order valence-electron chi connectivity index (χ0n) is 23.5. The molecule has 1 spiro atoms. The highest BCUT2D eigenvalue weighted by Crippen LogP contribution is 2.57. The van der Waals surface area contributed by atoms with E-state index in [0.717, 1.165) is 36.8 Å². The van der Waals surface area contributed by atoms with Crippen LogP contribution in [0.4, 0.5) is 8.78 Å². The summed E-state index contributed by atoms with van der Waals surface area (Å²) in [5, 5.41) is 23.1. The van der Waals surface area contributed by atoms with Crippen LogP contribution in [-0.2, 0) is 13.6 Å². The van der Waals surface area contributed by atoms with Crippen molar-refractivity contribution >= 4 is 22.7 Å². The Morgan fingerprint density at radius 3 is 2.60 bits per heavy atom. The van der Waals surface area contributed by atoms with E-state index in [1.54, 1.807) is 35.3 Å². The van der Waals surface area contributed by atoms with Gasteiger partial charge >= 0.3 is 0 Å². The third-order valence-corrected chi connectivity index (χ3v) is 8.95. The lowest BCUT2D eigenvalue weighted by molar-refractivity contribution is -0.210. The van der Waals surface area contributed by atoms with Crippen molar-refractivity contribution in [2.24, 2.45) is 18.2 Å². The van der Waals surface area contributed by atoms with E-state index in [4.69, 9.17) is 10.5 Å². The molecule has 3 fully saturated rings. The fourth-order valence-electron chi connectivity index (χ4n) is 7.01. The van der Waals surface area contributed by atoms with Gasteiger partial charge in [-0.05, 0) is 60.9 Å². The van der Waals surface area contributed by atoms with Crippen LogP contribution in [0.3, 0.4) is 0 Å². The molecule has 1 aromatic carbocycles. The van der Waals surface area contributed by atoms with Crippen molar-refractivity contribution in [3.63, 3.8) is 0 Å². The van der Waals surface area contributed by atoms with E-state index in [0.29, 0.717) is 10.9 Å². The van der Waals surface area contributed by atoms with Gasteiger partial charge < -0.3 is 20.9 Å². The first kappa shape index (κ1) is 27.4. The largest absolute Gasteiger partial charge is 0.474 e. The number of aryl methyl sites for hydroxylation is 1. The summed E-state index contributed by atoms with van der Waals surface area (Å²) in [6.45, 7) is -0.148. The summed E-state index contributed by atoms with van der Waals surface area (Å²) in [6.07, 6.45) is 6.87. The van der Waals surface area contributed by atoms with Crippen molar-refractivity contribution in [3.05, 3.63) is 60.2 Å². The van der Waals surface area contributed by atoms with Gasteiger partial charge in [-0.15, -0.1) is 0 Å². The van der Waals surface area contributed by atoms with Gasteiger partial charge in [-0.2, -0.15) is 10.2 Å². The Hall–Kier alpha value is -4.39. The first-order valence-corrected chi connectivity index (χ1v) is 14.2. The molecule has 3 aromatic heterocycles. The van der Waals surface area contributed by atoms with Crippen LogP contribution in [0, 0.1) is 5.41 Å². The van der Waals surface area contributed by atoms with Crippen LogP contribution >= 0.6 is 0 Å². The minimum absolute atomic E-state index is 0.0474. The molecule has 3 aliphatic carbocycles. The number of aliphatic hydroxyl groups is 1. The number of hydrogen-bond acceptors (Lipinski definition) is 7. The molecule has 3 aliphatic rings. The van der Waals surface area contributed by atoms with Crippen LogP contribution in [0.25, 0.3) is 22.0 Å². The Balaban J connectivity index is 1.04. The summed E-state index contributed by atoms with van der Waals surface area (Å²) in [4.78, 5) is 29.2. The van der Waals surface area contributed by atoms with Gasteiger partial charge in [0.15, 0.2) is 5.69 Å². The zero-order chi connectivity index (χ0) is 30.1. The van der Waals surface area contributed by atoms with E-state index in [1.165, 1.54) is 4.68 Å². The standard InChI is InChI=1S/C30H31F2N7O4/c1-38-13-18(12-35-38)17-4-5-21-23(7-17)39(16-29(42)14-30(31,32)15-29)37-24(21)26(41)36-19-8-28(9-19)10-20(11-28)43-27-22(25(33)40)3-2-6-34-27/h2-7,12-13,19-20,42H,8-11,14-16H2,1H3,(H2,33,40)(H,36,41). The van der Waals surface area contributed by atoms with E-state index >= 15 is 0 Å². The van der Waals surface area contributed by atoms with Crippen molar-refractivity contribution in [1.29, 1.82) is 0 Å². The number of pyridine rings is 1. The molecule has 0 aliphatic heterocycles. The highest BCUT2D eigenvalue weighted by Gasteiger charge is 2.56. The second kappa shape index (κ2) is 9.56. The molecule has 13 heteroatoms. The SMILES string of the molecule is Cn1cc(-c2ccc3c(C(=O)NC4CC5(C4)CC(Oc4ncccc4C(N)=O)C5)nn(CC4(O)CC(F)(F)C4)c3c2)cn1.